The van der Waals surface area contributed by atoms with Gasteiger partial charge in [0.25, 0.3) is 0 Å². The molecule has 0 aromatic carbocycles. The number of fused-ring (bicyclic) bond motifs is 1. The van der Waals surface area contributed by atoms with Crippen molar-refractivity contribution >= 4 is 44.4 Å². The molecule has 3 aromatic heterocycles. The molecule has 0 N–H and O–H groups in total. The van der Waals surface area contributed by atoms with Crippen molar-refractivity contribution in [3.8, 4) is 10.8 Å². The Kier molecular flexibility index (Phi) is 3.22. The quantitative estimate of drug-likeness (QED) is 0.630. The van der Waals surface area contributed by atoms with Crippen LogP contribution in [0.25, 0.3) is 16.3 Å². The van der Waals surface area contributed by atoms with E-state index >= 15 is 0 Å². The van der Waals surface area contributed by atoms with Crippen LogP contribution in [-0.2, 0) is 6.18 Å². The molecule has 0 radical (unpaired) electrons. The fraction of sp³-hybridized carbons (Fsp3) is 0.100. The summed E-state index contributed by atoms with van der Waals surface area (Å²) in [4.78, 5) is 4.06. The van der Waals surface area contributed by atoms with Crippen LogP contribution in [0.15, 0.2) is 22.9 Å². The number of aromatic nitrogens is 4. The number of hydrogen-bond acceptors (Lipinski definition) is 4. The number of alkyl halides is 3. The highest BCUT2D eigenvalue weighted by Crippen LogP contribution is 2.35. The highest BCUT2D eigenvalue weighted by Gasteiger charge is 2.36. The molecule has 0 aliphatic carbocycles. The highest BCUT2D eigenvalue weighted by atomic mass is 79.9. The third kappa shape index (κ3) is 2.29. The summed E-state index contributed by atoms with van der Waals surface area (Å²) >= 11 is 9.74. The molecule has 0 atom stereocenters. The maximum absolute atomic E-state index is 12.5. The Morgan fingerprint density at radius 2 is 2.05 bits per heavy atom. The number of hydrogen-bond donors (Lipinski definition) is 0. The first-order valence-electron chi connectivity index (χ1n) is 5.09. The molecule has 4 nitrogen and oxygen atoms in total. The van der Waals surface area contributed by atoms with E-state index in [4.69, 9.17) is 11.6 Å². The van der Waals surface area contributed by atoms with E-state index in [0.29, 0.717) is 26.3 Å². The van der Waals surface area contributed by atoms with Crippen LogP contribution in [0.2, 0.25) is 5.02 Å². The zero-order chi connectivity index (χ0) is 14.5. The maximum Gasteiger partial charge on any atom is 0.445 e. The first-order chi connectivity index (χ1) is 9.36. The van der Waals surface area contributed by atoms with Gasteiger partial charge in [-0.3, -0.25) is 4.40 Å². The largest absolute Gasteiger partial charge is 0.445 e. The SMILES string of the molecule is FC(F)(F)c1nnc(-c2ncc3c(Cl)cc(Br)cn23)s1. The molecule has 0 aliphatic rings. The van der Waals surface area contributed by atoms with Gasteiger partial charge in [0.05, 0.1) is 16.7 Å². The molecule has 0 spiro atoms. The van der Waals surface area contributed by atoms with Crippen molar-refractivity contribution in [1.82, 2.24) is 19.6 Å². The third-order valence-corrected chi connectivity index (χ3v) is 4.12. The van der Waals surface area contributed by atoms with Gasteiger partial charge in [-0.15, -0.1) is 10.2 Å². The van der Waals surface area contributed by atoms with E-state index in [-0.39, 0.29) is 10.8 Å². The van der Waals surface area contributed by atoms with Gasteiger partial charge < -0.3 is 0 Å². The lowest BCUT2D eigenvalue weighted by atomic mass is 10.4. The van der Waals surface area contributed by atoms with Crippen LogP contribution in [0.3, 0.4) is 0 Å². The number of rotatable bonds is 1. The second-order valence-corrected chi connectivity index (χ2v) is 6.05. The summed E-state index contributed by atoms with van der Waals surface area (Å²) in [5.41, 5.74) is 0.577. The van der Waals surface area contributed by atoms with E-state index < -0.39 is 11.2 Å². The summed E-state index contributed by atoms with van der Waals surface area (Å²) < 4.78 is 39.8. The van der Waals surface area contributed by atoms with Crippen LogP contribution in [0.1, 0.15) is 5.01 Å². The first-order valence-corrected chi connectivity index (χ1v) is 7.08. The number of nitrogens with zero attached hydrogens (tertiary/aromatic N) is 4. The molecule has 104 valence electrons. The zero-order valence-electron chi connectivity index (χ0n) is 9.32. The van der Waals surface area contributed by atoms with Crippen LogP contribution in [0.5, 0.6) is 0 Å². The van der Waals surface area contributed by atoms with Gasteiger partial charge in [0.2, 0.25) is 5.01 Å². The Morgan fingerprint density at radius 1 is 1.30 bits per heavy atom. The normalized spacial score (nSPS) is 12.2. The molecule has 0 saturated carbocycles. The lowest BCUT2D eigenvalue weighted by Crippen LogP contribution is -2.03. The minimum absolute atomic E-state index is 0.0755. The molecule has 0 amide bonds. The van der Waals surface area contributed by atoms with Crippen molar-refractivity contribution in [3.63, 3.8) is 0 Å². The molecule has 3 rings (SSSR count). The Hall–Kier alpha value is -1.19. The second-order valence-electron chi connectivity index (χ2n) is 3.75. The van der Waals surface area contributed by atoms with Crippen LogP contribution >= 0.6 is 38.9 Å². The topological polar surface area (TPSA) is 43.1 Å². The average molecular weight is 384 g/mol. The van der Waals surface area contributed by atoms with Gasteiger partial charge >= 0.3 is 6.18 Å². The number of imidazole rings is 1. The van der Waals surface area contributed by atoms with Gasteiger partial charge in [0.1, 0.15) is 0 Å². The van der Waals surface area contributed by atoms with E-state index in [1.165, 1.54) is 6.20 Å². The fourth-order valence-corrected chi connectivity index (χ4v) is 3.14. The Labute approximate surface area is 127 Å². The Balaban J connectivity index is 2.18. The molecule has 20 heavy (non-hydrogen) atoms. The van der Waals surface area contributed by atoms with Gasteiger partial charge in [0.15, 0.2) is 10.8 Å². The molecule has 3 heterocycles. The van der Waals surface area contributed by atoms with Gasteiger partial charge in [-0.25, -0.2) is 4.98 Å². The summed E-state index contributed by atoms with van der Waals surface area (Å²) in [7, 11) is 0. The second kappa shape index (κ2) is 4.68. The molecule has 0 bridgehead atoms. The maximum atomic E-state index is 12.5. The van der Waals surface area contributed by atoms with Crippen molar-refractivity contribution in [3.05, 3.63) is 33.0 Å². The van der Waals surface area contributed by atoms with Gasteiger partial charge in [-0.1, -0.05) is 22.9 Å². The molecule has 10 heteroatoms. The van der Waals surface area contributed by atoms with E-state index in [2.05, 4.69) is 31.1 Å². The molecular formula is C10H3BrClF3N4S. The molecule has 0 fully saturated rings. The minimum Gasteiger partial charge on any atom is -0.295 e. The van der Waals surface area contributed by atoms with Crippen LogP contribution < -0.4 is 0 Å². The van der Waals surface area contributed by atoms with Crippen LogP contribution in [0.4, 0.5) is 13.2 Å². The molecular weight excluding hydrogens is 381 g/mol. The van der Waals surface area contributed by atoms with E-state index in [0.717, 1.165) is 0 Å². The van der Waals surface area contributed by atoms with Crippen molar-refractivity contribution in [2.75, 3.05) is 0 Å². The molecule has 0 unspecified atom stereocenters. The monoisotopic (exact) mass is 382 g/mol. The predicted octanol–water partition coefficient (Wildman–Crippen LogP) is 4.29. The third-order valence-electron chi connectivity index (χ3n) is 2.42. The van der Waals surface area contributed by atoms with Crippen molar-refractivity contribution < 1.29 is 13.2 Å². The van der Waals surface area contributed by atoms with Crippen molar-refractivity contribution in [2.24, 2.45) is 0 Å². The lowest BCUT2D eigenvalue weighted by Gasteiger charge is -2.01. The summed E-state index contributed by atoms with van der Waals surface area (Å²) in [6, 6.07) is 1.67. The van der Waals surface area contributed by atoms with Crippen molar-refractivity contribution in [1.29, 1.82) is 0 Å². The average Bonchev–Trinajstić information content (AvgIpc) is 2.92. The highest BCUT2D eigenvalue weighted by molar-refractivity contribution is 9.10. The van der Waals surface area contributed by atoms with Crippen molar-refractivity contribution in [2.45, 2.75) is 6.18 Å². The smallest absolute Gasteiger partial charge is 0.295 e. The number of halogens is 5. The fourth-order valence-electron chi connectivity index (χ4n) is 1.61. The molecule has 0 aliphatic heterocycles. The van der Waals surface area contributed by atoms with E-state index in [1.807, 2.05) is 0 Å². The van der Waals surface area contributed by atoms with E-state index in [1.54, 1.807) is 16.7 Å². The number of pyridine rings is 1. The summed E-state index contributed by atoms with van der Waals surface area (Å²) in [6.07, 6.45) is -1.39. The van der Waals surface area contributed by atoms with Crippen LogP contribution in [-0.4, -0.2) is 19.6 Å². The van der Waals surface area contributed by atoms with E-state index in [9.17, 15) is 13.2 Å². The Morgan fingerprint density at radius 3 is 2.70 bits per heavy atom. The van der Waals surface area contributed by atoms with Gasteiger partial charge in [-0.2, -0.15) is 13.2 Å². The van der Waals surface area contributed by atoms with Crippen LogP contribution in [0, 0.1) is 0 Å². The standard InChI is InChI=1S/C10H3BrClF3N4S/c11-4-1-5(12)6-2-16-7(19(6)3-4)8-17-18-9(20-8)10(13,14)15/h1-3H. The summed E-state index contributed by atoms with van der Waals surface area (Å²) in [6.45, 7) is 0. The molecule has 3 aromatic rings. The summed E-state index contributed by atoms with van der Waals surface area (Å²) in [5.74, 6) is 0.260. The minimum atomic E-state index is -4.51. The first kappa shape index (κ1) is 13.8. The lowest BCUT2D eigenvalue weighted by molar-refractivity contribution is -0.138. The van der Waals surface area contributed by atoms with Gasteiger partial charge in [-0.05, 0) is 22.0 Å². The predicted molar refractivity (Wildman–Crippen MR) is 71.8 cm³/mol. The Bertz CT molecular complexity index is 797. The summed E-state index contributed by atoms with van der Waals surface area (Å²) in [5, 5.41) is 6.18. The van der Waals surface area contributed by atoms with Gasteiger partial charge in [0, 0.05) is 10.7 Å². The molecule has 0 saturated heterocycles. The zero-order valence-corrected chi connectivity index (χ0v) is 12.5.